The van der Waals surface area contributed by atoms with Crippen LogP contribution in [0.15, 0.2) is 79.0 Å². The summed E-state index contributed by atoms with van der Waals surface area (Å²) in [5, 5.41) is 4.16. The molecular formula is C27H27FN2O2. The normalized spacial score (nSPS) is 10.9. The number of carbonyl (C=O) groups excluding carboxylic acids is 1. The van der Waals surface area contributed by atoms with Gasteiger partial charge in [-0.3, -0.25) is 4.79 Å². The van der Waals surface area contributed by atoms with Gasteiger partial charge in [-0.25, -0.2) is 4.39 Å². The van der Waals surface area contributed by atoms with E-state index in [2.05, 4.69) is 28.2 Å². The van der Waals surface area contributed by atoms with E-state index >= 15 is 0 Å². The van der Waals surface area contributed by atoms with E-state index in [4.69, 9.17) is 4.74 Å². The van der Waals surface area contributed by atoms with Crippen LogP contribution >= 0.6 is 0 Å². The molecule has 0 atom stereocenters. The number of amides is 1. The van der Waals surface area contributed by atoms with Crippen molar-refractivity contribution in [2.45, 2.75) is 32.4 Å². The highest BCUT2D eigenvalue weighted by Gasteiger charge is 2.10. The van der Waals surface area contributed by atoms with Gasteiger partial charge in [0, 0.05) is 36.6 Å². The van der Waals surface area contributed by atoms with E-state index in [0.29, 0.717) is 19.5 Å². The van der Waals surface area contributed by atoms with Crippen LogP contribution < -0.4 is 10.1 Å². The number of para-hydroxylation sites is 1. The quantitative estimate of drug-likeness (QED) is 0.382. The second-order valence-electron chi connectivity index (χ2n) is 7.91. The van der Waals surface area contributed by atoms with Gasteiger partial charge in [-0.05, 0) is 59.9 Å². The summed E-state index contributed by atoms with van der Waals surface area (Å²) in [4.78, 5) is 12.3. The number of carbonyl (C=O) groups is 1. The summed E-state index contributed by atoms with van der Waals surface area (Å²) in [7, 11) is 1.63. The van der Waals surface area contributed by atoms with Gasteiger partial charge in [-0.15, -0.1) is 0 Å². The number of aryl methyl sites for hydroxylation is 1. The zero-order valence-corrected chi connectivity index (χ0v) is 18.2. The van der Waals surface area contributed by atoms with Crippen LogP contribution in [0.1, 0.15) is 29.5 Å². The van der Waals surface area contributed by atoms with Crippen molar-refractivity contribution in [2.24, 2.45) is 0 Å². The van der Waals surface area contributed by atoms with Crippen molar-refractivity contribution in [1.82, 2.24) is 9.88 Å². The van der Waals surface area contributed by atoms with Crippen LogP contribution in [0.4, 0.5) is 4.39 Å². The average Bonchev–Trinajstić information content (AvgIpc) is 3.15. The van der Waals surface area contributed by atoms with Crippen molar-refractivity contribution in [3.05, 3.63) is 102 Å². The molecule has 1 N–H and O–H groups in total. The third-order valence-corrected chi connectivity index (χ3v) is 5.59. The minimum atomic E-state index is -0.223. The molecule has 5 heteroatoms. The van der Waals surface area contributed by atoms with E-state index < -0.39 is 0 Å². The highest BCUT2D eigenvalue weighted by Crippen LogP contribution is 2.24. The Balaban J connectivity index is 1.36. The van der Waals surface area contributed by atoms with Crippen molar-refractivity contribution in [2.75, 3.05) is 7.11 Å². The molecule has 0 unspecified atom stereocenters. The largest absolute Gasteiger partial charge is 0.497 e. The molecule has 1 heterocycles. The van der Waals surface area contributed by atoms with Crippen LogP contribution in [0, 0.1) is 5.82 Å². The van der Waals surface area contributed by atoms with Gasteiger partial charge < -0.3 is 14.6 Å². The molecule has 164 valence electrons. The molecule has 32 heavy (non-hydrogen) atoms. The second kappa shape index (κ2) is 10.1. The molecule has 4 rings (SSSR count). The van der Waals surface area contributed by atoms with E-state index in [1.54, 1.807) is 19.2 Å². The van der Waals surface area contributed by atoms with Crippen molar-refractivity contribution in [1.29, 1.82) is 0 Å². The second-order valence-corrected chi connectivity index (χ2v) is 7.91. The zero-order valence-electron chi connectivity index (χ0n) is 18.2. The Labute approximate surface area is 187 Å². The third-order valence-electron chi connectivity index (χ3n) is 5.59. The van der Waals surface area contributed by atoms with Gasteiger partial charge in [0.1, 0.15) is 11.6 Å². The van der Waals surface area contributed by atoms with Gasteiger partial charge >= 0.3 is 0 Å². The lowest BCUT2D eigenvalue weighted by molar-refractivity contribution is -0.121. The number of halogens is 1. The maximum Gasteiger partial charge on any atom is 0.220 e. The van der Waals surface area contributed by atoms with Crippen LogP contribution in [0.2, 0.25) is 0 Å². The standard InChI is InChI=1S/C27H27FN2O2/c1-32-24-11-5-7-20(16-24)17-29-27(31)14-6-9-22-19-30(26-13-3-2-12-25(22)26)18-21-8-4-10-23(28)15-21/h2-5,7-8,10-13,15-16,19H,6,9,14,17-18H2,1H3,(H,29,31). The molecule has 0 saturated heterocycles. The number of hydrogen-bond donors (Lipinski definition) is 1. The van der Waals surface area contributed by atoms with Gasteiger partial charge in [-0.2, -0.15) is 0 Å². The minimum Gasteiger partial charge on any atom is -0.497 e. The molecule has 1 aromatic heterocycles. The van der Waals surface area contributed by atoms with Gasteiger partial charge in [0.2, 0.25) is 5.91 Å². The fourth-order valence-corrected chi connectivity index (χ4v) is 4.00. The molecule has 3 aromatic carbocycles. The number of nitrogens with one attached hydrogen (secondary N) is 1. The summed E-state index contributed by atoms with van der Waals surface area (Å²) >= 11 is 0. The van der Waals surface area contributed by atoms with Crippen LogP contribution in [0.3, 0.4) is 0 Å². The maximum atomic E-state index is 13.6. The van der Waals surface area contributed by atoms with E-state index in [1.807, 2.05) is 42.5 Å². The van der Waals surface area contributed by atoms with Gasteiger partial charge in [0.25, 0.3) is 0 Å². The molecule has 0 spiro atoms. The molecule has 0 aliphatic rings. The molecule has 0 aliphatic heterocycles. The molecule has 0 aliphatic carbocycles. The first kappa shape index (κ1) is 21.6. The number of methoxy groups -OCH3 is 1. The Hall–Kier alpha value is -3.60. The Bertz CT molecular complexity index is 1220. The monoisotopic (exact) mass is 430 g/mol. The Morgan fingerprint density at radius 1 is 1.00 bits per heavy atom. The molecule has 0 fully saturated rings. The lowest BCUT2D eigenvalue weighted by Gasteiger charge is -2.07. The molecule has 4 aromatic rings. The first-order chi connectivity index (χ1) is 15.6. The van der Waals surface area contributed by atoms with E-state index in [9.17, 15) is 9.18 Å². The zero-order chi connectivity index (χ0) is 22.3. The fourth-order valence-electron chi connectivity index (χ4n) is 4.00. The van der Waals surface area contributed by atoms with Gasteiger partial charge in [-0.1, -0.05) is 42.5 Å². The van der Waals surface area contributed by atoms with Crippen molar-refractivity contribution in [3.8, 4) is 5.75 Å². The first-order valence-electron chi connectivity index (χ1n) is 10.8. The molecule has 0 saturated carbocycles. The molecule has 0 bridgehead atoms. The fraction of sp³-hybridized carbons (Fsp3) is 0.222. The van der Waals surface area contributed by atoms with Crippen LogP contribution in [0.5, 0.6) is 5.75 Å². The van der Waals surface area contributed by atoms with Gasteiger partial charge in [0.05, 0.1) is 7.11 Å². The van der Waals surface area contributed by atoms with Crippen molar-refractivity contribution in [3.63, 3.8) is 0 Å². The summed E-state index contributed by atoms with van der Waals surface area (Å²) in [5.74, 6) is 0.599. The summed E-state index contributed by atoms with van der Waals surface area (Å²) in [5.41, 5.74) is 4.26. The third kappa shape index (κ3) is 5.35. The molecular weight excluding hydrogens is 403 g/mol. The smallest absolute Gasteiger partial charge is 0.220 e. The Morgan fingerprint density at radius 3 is 2.66 bits per heavy atom. The first-order valence-corrected chi connectivity index (χ1v) is 10.8. The number of aromatic nitrogens is 1. The SMILES string of the molecule is COc1cccc(CNC(=O)CCCc2cn(Cc3cccc(F)c3)c3ccccc23)c1. The van der Waals surface area contributed by atoms with E-state index in [0.717, 1.165) is 35.2 Å². The number of rotatable bonds is 9. The lowest BCUT2D eigenvalue weighted by atomic mass is 10.1. The number of nitrogens with zero attached hydrogens (tertiary/aromatic N) is 1. The average molecular weight is 431 g/mol. The number of benzene rings is 3. The predicted octanol–water partition coefficient (Wildman–Crippen LogP) is 5.48. The van der Waals surface area contributed by atoms with Crippen molar-refractivity contribution < 1.29 is 13.9 Å². The topological polar surface area (TPSA) is 43.3 Å². The maximum absolute atomic E-state index is 13.6. The predicted molar refractivity (Wildman–Crippen MR) is 125 cm³/mol. The van der Waals surface area contributed by atoms with Crippen molar-refractivity contribution >= 4 is 16.8 Å². The van der Waals surface area contributed by atoms with E-state index in [1.165, 1.54) is 17.0 Å². The Kier molecular flexibility index (Phi) is 6.85. The van der Waals surface area contributed by atoms with E-state index in [-0.39, 0.29) is 11.7 Å². The van der Waals surface area contributed by atoms with Gasteiger partial charge in [0.15, 0.2) is 0 Å². The van der Waals surface area contributed by atoms with Crippen LogP contribution in [0.25, 0.3) is 10.9 Å². The highest BCUT2D eigenvalue weighted by atomic mass is 19.1. The number of hydrogen-bond acceptors (Lipinski definition) is 2. The number of ether oxygens (including phenoxy) is 1. The number of fused-ring (bicyclic) bond motifs is 1. The van der Waals surface area contributed by atoms with Crippen LogP contribution in [-0.2, 0) is 24.3 Å². The lowest BCUT2D eigenvalue weighted by Crippen LogP contribution is -2.22. The Morgan fingerprint density at radius 2 is 1.81 bits per heavy atom. The summed E-state index contributed by atoms with van der Waals surface area (Å²) < 4.78 is 21.0. The highest BCUT2D eigenvalue weighted by molar-refractivity contribution is 5.84. The summed E-state index contributed by atoms with van der Waals surface area (Å²) in [6, 6.07) is 22.6. The minimum absolute atomic E-state index is 0.0383. The summed E-state index contributed by atoms with van der Waals surface area (Å²) in [6.07, 6.45) is 4.16. The molecule has 0 radical (unpaired) electrons. The molecule has 4 nitrogen and oxygen atoms in total. The van der Waals surface area contributed by atoms with Crippen LogP contribution in [-0.4, -0.2) is 17.6 Å². The molecule has 1 amide bonds. The summed E-state index contributed by atoms with van der Waals surface area (Å²) in [6.45, 7) is 1.10.